The van der Waals surface area contributed by atoms with E-state index in [0.29, 0.717) is 18.0 Å². The van der Waals surface area contributed by atoms with E-state index in [-0.39, 0.29) is 11.4 Å². The van der Waals surface area contributed by atoms with Gasteiger partial charge < -0.3 is 14.9 Å². The smallest absolute Gasteiger partial charge is 0.296 e. The van der Waals surface area contributed by atoms with Crippen molar-refractivity contribution in [2.24, 2.45) is 0 Å². The third kappa shape index (κ3) is 2.65. The first-order valence-electron chi connectivity index (χ1n) is 5.62. The molecule has 0 radical (unpaired) electrons. The molecule has 0 bridgehead atoms. The Morgan fingerprint density at radius 2 is 2.21 bits per heavy atom. The van der Waals surface area contributed by atoms with Crippen molar-refractivity contribution < 1.29 is 14.6 Å². The summed E-state index contributed by atoms with van der Waals surface area (Å²) in [5, 5.41) is 26.9. The molecule has 1 aromatic carbocycles. The molecule has 0 aliphatic rings. The zero-order chi connectivity index (χ0) is 14.0. The lowest BCUT2D eigenvalue weighted by Crippen LogP contribution is -2.04. The molecule has 1 heterocycles. The minimum atomic E-state index is -0.546. The highest BCUT2D eigenvalue weighted by Crippen LogP contribution is 2.29. The van der Waals surface area contributed by atoms with Crippen LogP contribution in [0.15, 0.2) is 22.7 Å². The molecule has 0 fully saturated rings. The maximum absolute atomic E-state index is 10.9. The summed E-state index contributed by atoms with van der Waals surface area (Å²) >= 11 is 0. The van der Waals surface area contributed by atoms with Crippen molar-refractivity contribution in [2.75, 3.05) is 5.32 Å². The van der Waals surface area contributed by atoms with Crippen LogP contribution in [0.5, 0.6) is 5.75 Å². The fourth-order valence-electron chi connectivity index (χ4n) is 1.76. The molecule has 0 saturated heterocycles. The summed E-state index contributed by atoms with van der Waals surface area (Å²) < 4.78 is 5.02. The van der Waals surface area contributed by atoms with Crippen molar-refractivity contribution in [1.82, 2.24) is 5.16 Å². The fraction of sp³-hybridized carbons (Fsp3) is 0.250. The zero-order valence-corrected chi connectivity index (χ0v) is 10.5. The van der Waals surface area contributed by atoms with Gasteiger partial charge in [-0.1, -0.05) is 5.16 Å². The van der Waals surface area contributed by atoms with Crippen molar-refractivity contribution in [2.45, 2.75) is 20.4 Å². The minimum absolute atomic E-state index is 0.144. The summed E-state index contributed by atoms with van der Waals surface area (Å²) in [5.74, 6) is 0.529. The second-order valence-corrected chi connectivity index (χ2v) is 4.11. The second kappa shape index (κ2) is 4.97. The number of nitrogens with one attached hydrogen (secondary N) is 1. The molecule has 7 nitrogen and oxygen atoms in total. The predicted molar refractivity (Wildman–Crippen MR) is 68.1 cm³/mol. The average Bonchev–Trinajstić information content (AvgIpc) is 2.68. The van der Waals surface area contributed by atoms with Gasteiger partial charge in [0.05, 0.1) is 16.7 Å². The molecule has 2 N–H and O–H groups in total. The molecule has 0 amide bonds. The fourth-order valence-corrected chi connectivity index (χ4v) is 1.76. The van der Waals surface area contributed by atoms with Gasteiger partial charge in [-0.25, -0.2) is 0 Å². The molecule has 7 heteroatoms. The number of nitrogens with zero attached hydrogens (tertiary/aromatic N) is 2. The number of hydrogen-bond acceptors (Lipinski definition) is 6. The summed E-state index contributed by atoms with van der Waals surface area (Å²) in [4.78, 5) is 10.3. The van der Waals surface area contributed by atoms with Crippen LogP contribution in [0.2, 0.25) is 0 Å². The summed E-state index contributed by atoms with van der Waals surface area (Å²) in [7, 11) is 0. The Morgan fingerprint density at radius 1 is 1.47 bits per heavy atom. The number of phenolic OH excluding ortho intramolecular Hbond substituents is 1. The molecule has 1 aromatic heterocycles. The van der Waals surface area contributed by atoms with E-state index in [1.54, 1.807) is 13.8 Å². The van der Waals surface area contributed by atoms with Crippen LogP contribution in [-0.2, 0) is 6.54 Å². The van der Waals surface area contributed by atoms with Gasteiger partial charge >= 0.3 is 0 Å². The van der Waals surface area contributed by atoms with Crippen LogP contribution in [0.4, 0.5) is 11.4 Å². The van der Waals surface area contributed by atoms with Crippen LogP contribution in [0.25, 0.3) is 0 Å². The van der Waals surface area contributed by atoms with Crippen LogP contribution in [0.3, 0.4) is 0 Å². The van der Waals surface area contributed by atoms with Gasteiger partial charge in [-0.2, -0.15) is 0 Å². The molecule has 0 aliphatic heterocycles. The third-order valence-corrected chi connectivity index (χ3v) is 2.81. The predicted octanol–water partition coefficient (Wildman–Crippen LogP) is 2.52. The van der Waals surface area contributed by atoms with Crippen molar-refractivity contribution >= 4 is 11.4 Å². The lowest BCUT2D eigenvalue weighted by molar-refractivity contribution is -0.384. The molecule has 19 heavy (non-hydrogen) atoms. The van der Waals surface area contributed by atoms with E-state index >= 15 is 0 Å². The third-order valence-electron chi connectivity index (χ3n) is 2.81. The Bertz CT molecular complexity index is 602. The number of rotatable bonds is 4. The van der Waals surface area contributed by atoms with Crippen molar-refractivity contribution in [3.63, 3.8) is 0 Å². The Balaban J connectivity index is 2.23. The molecule has 2 rings (SSSR count). The minimum Gasteiger partial charge on any atom is -0.508 e. The number of nitro benzene ring substituents is 1. The number of nitro groups is 1. The Labute approximate surface area is 109 Å². The van der Waals surface area contributed by atoms with Gasteiger partial charge in [0.1, 0.15) is 17.2 Å². The van der Waals surface area contributed by atoms with Gasteiger partial charge in [0.2, 0.25) is 0 Å². The van der Waals surface area contributed by atoms with Gasteiger partial charge in [0.15, 0.2) is 0 Å². The lowest BCUT2D eigenvalue weighted by atomic mass is 10.2. The first-order valence-corrected chi connectivity index (χ1v) is 5.62. The van der Waals surface area contributed by atoms with E-state index in [0.717, 1.165) is 17.3 Å². The van der Waals surface area contributed by atoms with Gasteiger partial charge in [-0.05, 0) is 26.0 Å². The van der Waals surface area contributed by atoms with E-state index in [4.69, 9.17) is 4.52 Å². The first kappa shape index (κ1) is 12.9. The highest BCUT2D eigenvalue weighted by Gasteiger charge is 2.16. The second-order valence-electron chi connectivity index (χ2n) is 4.11. The lowest BCUT2D eigenvalue weighted by Gasteiger charge is -2.07. The van der Waals surface area contributed by atoms with Crippen LogP contribution in [-0.4, -0.2) is 15.2 Å². The summed E-state index contributed by atoms with van der Waals surface area (Å²) in [6.07, 6.45) is 0. The Hall–Kier alpha value is -2.57. The standard InChI is InChI=1S/C12H13N3O4/c1-7-10(8(2)19-14-7)6-13-11-4-3-9(16)5-12(11)15(17)18/h3-5,13,16H,6H2,1-2H3. The van der Waals surface area contributed by atoms with Crippen LogP contribution >= 0.6 is 0 Å². The molecule has 0 atom stereocenters. The van der Waals surface area contributed by atoms with Crippen LogP contribution < -0.4 is 5.32 Å². The topological polar surface area (TPSA) is 101 Å². The zero-order valence-electron chi connectivity index (χ0n) is 10.5. The van der Waals surface area contributed by atoms with Crippen molar-refractivity contribution in [1.29, 1.82) is 0 Å². The van der Waals surface area contributed by atoms with Crippen molar-refractivity contribution in [3.8, 4) is 5.75 Å². The van der Waals surface area contributed by atoms with Gasteiger partial charge in [0, 0.05) is 12.1 Å². The highest BCUT2D eigenvalue weighted by atomic mass is 16.6. The Morgan fingerprint density at radius 3 is 2.79 bits per heavy atom. The largest absolute Gasteiger partial charge is 0.508 e. The van der Waals surface area contributed by atoms with Gasteiger partial charge in [-0.15, -0.1) is 0 Å². The Kier molecular flexibility index (Phi) is 3.37. The highest BCUT2D eigenvalue weighted by molar-refractivity contribution is 5.63. The van der Waals surface area contributed by atoms with E-state index < -0.39 is 4.92 Å². The molecule has 0 aliphatic carbocycles. The number of aromatic hydroxyl groups is 1. The summed E-state index contributed by atoms with van der Waals surface area (Å²) in [6.45, 7) is 3.95. The van der Waals surface area contributed by atoms with E-state index in [2.05, 4.69) is 10.5 Å². The van der Waals surface area contributed by atoms with Crippen molar-refractivity contribution in [3.05, 3.63) is 45.3 Å². The molecule has 0 spiro atoms. The number of aromatic nitrogens is 1. The normalized spacial score (nSPS) is 10.4. The number of hydrogen-bond donors (Lipinski definition) is 2. The summed E-state index contributed by atoms with van der Waals surface area (Å²) in [6, 6.07) is 3.96. The van der Waals surface area contributed by atoms with E-state index in [1.165, 1.54) is 12.1 Å². The number of anilines is 1. The van der Waals surface area contributed by atoms with Crippen LogP contribution in [0, 0.1) is 24.0 Å². The molecule has 0 unspecified atom stereocenters. The number of phenols is 1. The number of benzene rings is 1. The first-order chi connectivity index (χ1) is 8.99. The monoisotopic (exact) mass is 263 g/mol. The van der Waals surface area contributed by atoms with Gasteiger partial charge in [-0.3, -0.25) is 10.1 Å². The molecular weight excluding hydrogens is 250 g/mol. The summed E-state index contributed by atoms with van der Waals surface area (Å²) in [5.41, 5.74) is 1.77. The molecule has 2 aromatic rings. The molecular formula is C12H13N3O4. The average molecular weight is 263 g/mol. The molecule has 100 valence electrons. The maximum Gasteiger partial charge on any atom is 0.296 e. The molecule has 0 saturated carbocycles. The number of aryl methyl sites for hydroxylation is 2. The van der Waals surface area contributed by atoms with E-state index in [1.807, 2.05) is 0 Å². The quantitative estimate of drug-likeness (QED) is 0.499. The van der Waals surface area contributed by atoms with E-state index in [9.17, 15) is 15.2 Å². The van der Waals surface area contributed by atoms with Gasteiger partial charge in [0.25, 0.3) is 5.69 Å². The maximum atomic E-state index is 10.9. The SMILES string of the molecule is Cc1noc(C)c1CNc1ccc(O)cc1[N+](=O)[O-]. The van der Waals surface area contributed by atoms with Crippen LogP contribution in [0.1, 0.15) is 17.0 Å².